The molecule has 4 nitrogen and oxygen atoms in total. The average molecular weight is 213 g/mol. The smallest absolute Gasteiger partial charge is 0.427 e. The molecule has 0 aromatic carbocycles. The molecular formula is C6H3F4NO3. The molecule has 0 fully saturated rings. The first-order valence-corrected chi connectivity index (χ1v) is 3.23. The van der Waals surface area contributed by atoms with Crippen LogP contribution in [0.2, 0.25) is 0 Å². The van der Waals surface area contributed by atoms with Crippen LogP contribution in [0, 0.1) is 0 Å². The predicted octanol–water partition coefficient (Wildman–Crippen LogP) is 1.95. The van der Waals surface area contributed by atoms with Crippen molar-refractivity contribution in [1.82, 2.24) is 5.16 Å². The van der Waals surface area contributed by atoms with Crippen LogP contribution in [0.25, 0.3) is 0 Å². The quantitative estimate of drug-likeness (QED) is 0.762. The van der Waals surface area contributed by atoms with E-state index in [1.807, 2.05) is 0 Å². The Balaban J connectivity index is 2.92. The maximum Gasteiger partial charge on any atom is 0.427 e. The first-order chi connectivity index (χ1) is 6.32. The minimum Gasteiger partial charge on any atom is -0.476 e. The molecule has 8 heteroatoms. The second kappa shape index (κ2) is 3.28. The van der Waals surface area contributed by atoms with Crippen molar-refractivity contribution < 1.29 is 32.0 Å². The van der Waals surface area contributed by atoms with Gasteiger partial charge in [0.15, 0.2) is 11.5 Å². The average Bonchev–Trinajstić information content (AvgIpc) is 2.48. The van der Waals surface area contributed by atoms with Gasteiger partial charge in [-0.3, -0.25) is 0 Å². The molecule has 14 heavy (non-hydrogen) atoms. The minimum absolute atomic E-state index is 0.389. The van der Waals surface area contributed by atoms with E-state index < -0.39 is 29.8 Å². The van der Waals surface area contributed by atoms with Crippen molar-refractivity contribution in [2.75, 3.05) is 0 Å². The zero-order valence-electron chi connectivity index (χ0n) is 6.38. The number of nitrogens with zero attached hydrogens (tertiary/aromatic N) is 1. The molecule has 1 aromatic rings. The van der Waals surface area contributed by atoms with Crippen molar-refractivity contribution in [2.45, 2.75) is 12.3 Å². The van der Waals surface area contributed by atoms with Crippen LogP contribution in [0.1, 0.15) is 22.4 Å². The Kier molecular flexibility index (Phi) is 2.45. The molecule has 1 atom stereocenters. The third-order valence-electron chi connectivity index (χ3n) is 1.28. The highest BCUT2D eigenvalue weighted by Gasteiger charge is 2.44. The van der Waals surface area contributed by atoms with E-state index in [4.69, 9.17) is 5.11 Å². The van der Waals surface area contributed by atoms with Crippen molar-refractivity contribution in [3.8, 4) is 0 Å². The highest BCUT2D eigenvalue weighted by Crippen LogP contribution is 2.35. The topological polar surface area (TPSA) is 63.3 Å². The Bertz CT molecular complexity index is 345. The molecule has 0 amide bonds. The molecule has 1 heterocycles. The molecule has 78 valence electrons. The van der Waals surface area contributed by atoms with Gasteiger partial charge in [-0.1, -0.05) is 5.16 Å². The van der Waals surface area contributed by atoms with E-state index in [-0.39, 0.29) is 0 Å². The maximum absolute atomic E-state index is 12.5. The molecule has 0 aliphatic rings. The largest absolute Gasteiger partial charge is 0.476 e. The summed E-state index contributed by atoms with van der Waals surface area (Å²) in [4.78, 5) is 10.2. The second-order valence-corrected chi connectivity index (χ2v) is 2.32. The monoisotopic (exact) mass is 213 g/mol. The van der Waals surface area contributed by atoms with E-state index in [1.165, 1.54) is 0 Å². The van der Waals surface area contributed by atoms with Crippen LogP contribution >= 0.6 is 0 Å². The summed E-state index contributed by atoms with van der Waals surface area (Å²) in [6, 6.07) is 0.389. The number of carboxylic acids is 1. The first kappa shape index (κ1) is 10.5. The number of aromatic carboxylic acids is 1. The highest BCUT2D eigenvalue weighted by molar-refractivity contribution is 5.85. The summed E-state index contributed by atoms with van der Waals surface area (Å²) in [5.41, 5.74) is -0.771. The summed E-state index contributed by atoms with van der Waals surface area (Å²) in [5, 5.41) is 11.0. The lowest BCUT2D eigenvalue weighted by Crippen LogP contribution is -2.15. The Morgan fingerprint density at radius 3 is 2.50 bits per heavy atom. The molecule has 1 unspecified atom stereocenters. The Labute approximate surface area is 74.1 Å². The number of hydrogen-bond donors (Lipinski definition) is 1. The van der Waals surface area contributed by atoms with E-state index >= 15 is 0 Å². The number of carboxylic acid groups (broad SMARTS) is 1. The van der Waals surface area contributed by atoms with Crippen LogP contribution < -0.4 is 0 Å². The molecule has 0 saturated heterocycles. The summed E-state index contributed by atoms with van der Waals surface area (Å²) < 4.78 is 51.6. The van der Waals surface area contributed by atoms with E-state index in [0.29, 0.717) is 6.07 Å². The number of alkyl halides is 4. The van der Waals surface area contributed by atoms with Crippen LogP contribution in [-0.2, 0) is 0 Å². The zero-order chi connectivity index (χ0) is 10.9. The van der Waals surface area contributed by atoms with Crippen molar-refractivity contribution in [3.05, 3.63) is 17.5 Å². The van der Waals surface area contributed by atoms with Crippen LogP contribution in [0.3, 0.4) is 0 Å². The lowest BCUT2D eigenvalue weighted by atomic mass is 10.2. The van der Waals surface area contributed by atoms with Crippen LogP contribution in [-0.4, -0.2) is 22.4 Å². The fourth-order valence-electron chi connectivity index (χ4n) is 0.671. The van der Waals surface area contributed by atoms with Gasteiger partial charge in [-0.15, -0.1) is 0 Å². The van der Waals surface area contributed by atoms with Gasteiger partial charge in [0.2, 0.25) is 0 Å². The van der Waals surface area contributed by atoms with Crippen molar-refractivity contribution in [2.24, 2.45) is 0 Å². The number of rotatable bonds is 2. The molecule has 0 aliphatic carbocycles. The van der Waals surface area contributed by atoms with E-state index in [0.717, 1.165) is 0 Å². The third kappa shape index (κ3) is 2.01. The number of hydrogen-bond acceptors (Lipinski definition) is 3. The summed E-state index contributed by atoms with van der Waals surface area (Å²) in [6.45, 7) is 0. The van der Waals surface area contributed by atoms with Crippen molar-refractivity contribution >= 4 is 5.97 Å². The Morgan fingerprint density at radius 1 is 1.57 bits per heavy atom. The Hall–Kier alpha value is -1.60. The minimum atomic E-state index is -5.13. The van der Waals surface area contributed by atoms with Gasteiger partial charge in [-0.05, 0) is 0 Å². The van der Waals surface area contributed by atoms with Crippen LogP contribution in [0.5, 0.6) is 0 Å². The lowest BCUT2D eigenvalue weighted by molar-refractivity contribution is -0.187. The fraction of sp³-hybridized carbons (Fsp3) is 0.333. The van der Waals surface area contributed by atoms with Crippen molar-refractivity contribution in [1.29, 1.82) is 0 Å². The predicted molar refractivity (Wildman–Crippen MR) is 33.4 cm³/mol. The fourth-order valence-corrected chi connectivity index (χ4v) is 0.671. The third-order valence-corrected chi connectivity index (χ3v) is 1.28. The summed E-state index contributed by atoms with van der Waals surface area (Å²) in [7, 11) is 0. The van der Waals surface area contributed by atoms with Gasteiger partial charge in [-0.25, -0.2) is 9.18 Å². The first-order valence-electron chi connectivity index (χ1n) is 3.23. The van der Waals surface area contributed by atoms with Gasteiger partial charge < -0.3 is 9.63 Å². The molecule has 1 aromatic heterocycles. The number of aromatic nitrogens is 1. The van der Waals surface area contributed by atoms with Crippen molar-refractivity contribution in [3.63, 3.8) is 0 Å². The second-order valence-electron chi connectivity index (χ2n) is 2.32. The Morgan fingerprint density at radius 2 is 2.14 bits per heavy atom. The molecular weight excluding hydrogens is 210 g/mol. The standard InChI is InChI=1S/C6H3F4NO3/c7-4(6(8,9)10)3-1-2(5(12)13)11-14-3/h1,4H,(H,12,13). The summed E-state index contributed by atoms with van der Waals surface area (Å²) in [5.74, 6) is -2.76. The van der Waals surface area contributed by atoms with Gasteiger partial charge in [0.05, 0.1) is 0 Å². The lowest BCUT2D eigenvalue weighted by Gasteiger charge is -2.07. The van der Waals surface area contributed by atoms with Gasteiger partial charge in [0.25, 0.3) is 6.17 Å². The summed E-state index contributed by atoms with van der Waals surface area (Å²) in [6.07, 6.45) is -8.49. The van der Waals surface area contributed by atoms with E-state index in [1.54, 1.807) is 0 Å². The van der Waals surface area contributed by atoms with Crippen LogP contribution in [0.15, 0.2) is 10.6 Å². The van der Waals surface area contributed by atoms with Crippen LogP contribution in [0.4, 0.5) is 17.6 Å². The highest BCUT2D eigenvalue weighted by atomic mass is 19.4. The molecule has 0 spiro atoms. The van der Waals surface area contributed by atoms with E-state index in [2.05, 4.69) is 9.68 Å². The summed E-state index contributed by atoms with van der Waals surface area (Å²) >= 11 is 0. The van der Waals surface area contributed by atoms with Gasteiger partial charge in [-0.2, -0.15) is 13.2 Å². The van der Waals surface area contributed by atoms with Gasteiger partial charge in [0, 0.05) is 6.07 Å². The molecule has 0 radical (unpaired) electrons. The SMILES string of the molecule is O=C(O)c1cc(C(F)C(F)(F)F)on1. The number of carbonyl (C=O) groups is 1. The van der Waals surface area contributed by atoms with Gasteiger partial charge in [0.1, 0.15) is 0 Å². The number of halogens is 4. The normalized spacial score (nSPS) is 14.0. The molecule has 0 saturated carbocycles. The molecule has 1 N–H and O–H groups in total. The molecule has 0 aliphatic heterocycles. The zero-order valence-corrected chi connectivity index (χ0v) is 6.38. The molecule has 1 rings (SSSR count). The van der Waals surface area contributed by atoms with E-state index in [9.17, 15) is 22.4 Å². The molecule has 0 bridgehead atoms. The van der Waals surface area contributed by atoms with Gasteiger partial charge >= 0.3 is 12.1 Å². The maximum atomic E-state index is 12.5.